The smallest absolute Gasteiger partial charge is 0.310 e. The zero-order chi connectivity index (χ0) is 14.8. The Bertz CT molecular complexity index is 614. The molecule has 4 nitrogen and oxygen atoms in total. The standard InChI is InChI=1S/C16H22N2O2/c1-4-17-10-12-5-6-14-13(9-12)7-8-18(14)11-16(2,3)15(19)20/h5-9,17H,4,10-11H2,1-3H3,(H,19,20). The van der Waals surface area contributed by atoms with Crippen molar-refractivity contribution in [2.45, 2.75) is 33.9 Å². The van der Waals surface area contributed by atoms with Crippen molar-refractivity contribution < 1.29 is 9.90 Å². The molecule has 0 unspecified atom stereocenters. The number of hydrogen-bond donors (Lipinski definition) is 2. The van der Waals surface area contributed by atoms with E-state index < -0.39 is 11.4 Å². The number of aliphatic carboxylic acids is 1. The van der Waals surface area contributed by atoms with Crippen molar-refractivity contribution in [2.75, 3.05) is 6.54 Å². The number of aromatic nitrogens is 1. The van der Waals surface area contributed by atoms with Crippen LogP contribution in [0.1, 0.15) is 26.3 Å². The molecule has 0 atom stereocenters. The maximum absolute atomic E-state index is 11.2. The lowest BCUT2D eigenvalue weighted by atomic mass is 9.94. The Morgan fingerprint density at radius 3 is 2.75 bits per heavy atom. The molecule has 0 aliphatic rings. The summed E-state index contributed by atoms with van der Waals surface area (Å²) in [5, 5.41) is 13.7. The molecule has 0 amide bonds. The zero-order valence-electron chi connectivity index (χ0n) is 12.3. The molecule has 2 N–H and O–H groups in total. The highest BCUT2D eigenvalue weighted by molar-refractivity contribution is 5.81. The van der Waals surface area contributed by atoms with E-state index in [1.807, 2.05) is 16.8 Å². The minimum atomic E-state index is -0.775. The van der Waals surface area contributed by atoms with Gasteiger partial charge in [-0.05, 0) is 49.5 Å². The van der Waals surface area contributed by atoms with Gasteiger partial charge in [0.05, 0.1) is 5.41 Å². The molecule has 0 spiro atoms. The van der Waals surface area contributed by atoms with Crippen LogP contribution in [0, 0.1) is 5.41 Å². The van der Waals surface area contributed by atoms with Gasteiger partial charge >= 0.3 is 5.97 Å². The summed E-state index contributed by atoms with van der Waals surface area (Å²) in [5.74, 6) is -0.775. The molecule has 0 saturated carbocycles. The lowest BCUT2D eigenvalue weighted by Gasteiger charge is -2.20. The first-order valence-corrected chi connectivity index (χ1v) is 6.96. The van der Waals surface area contributed by atoms with Gasteiger partial charge in [0.25, 0.3) is 0 Å². The summed E-state index contributed by atoms with van der Waals surface area (Å²) in [6.07, 6.45) is 1.96. The summed E-state index contributed by atoms with van der Waals surface area (Å²) >= 11 is 0. The molecule has 4 heteroatoms. The summed E-state index contributed by atoms with van der Waals surface area (Å²) in [6.45, 7) is 7.87. The van der Waals surface area contributed by atoms with E-state index in [1.54, 1.807) is 13.8 Å². The van der Waals surface area contributed by atoms with E-state index in [0.717, 1.165) is 24.0 Å². The number of carboxylic acids is 1. The summed E-state index contributed by atoms with van der Waals surface area (Å²) in [6, 6.07) is 8.36. The Morgan fingerprint density at radius 1 is 1.35 bits per heavy atom. The maximum Gasteiger partial charge on any atom is 0.310 e. The number of nitrogens with zero attached hydrogens (tertiary/aromatic N) is 1. The minimum Gasteiger partial charge on any atom is -0.481 e. The van der Waals surface area contributed by atoms with E-state index >= 15 is 0 Å². The summed E-state index contributed by atoms with van der Waals surface area (Å²) in [7, 11) is 0. The molecular formula is C16H22N2O2. The van der Waals surface area contributed by atoms with E-state index in [1.165, 1.54) is 5.56 Å². The Balaban J connectivity index is 2.27. The summed E-state index contributed by atoms with van der Waals surface area (Å²) in [5.41, 5.74) is 1.56. The number of fused-ring (bicyclic) bond motifs is 1. The van der Waals surface area contributed by atoms with Crippen molar-refractivity contribution in [3.63, 3.8) is 0 Å². The zero-order valence-corrected chi connectivity index (χ0v) is 12.3. The molecule has 0 radical (unpaired) electrons. The molecule has 1 aromatic heterocycles. The van der Waals surface area contributed by atoms with Crippen LogP contribution in [-0.2, 0) is 17.9 Å². The van der Waals surface area contributed by atoms with Gasteiger partial charge in [-0.3, -0.25) is 4.79 Å². The SMILES string of the molecule is CCNCc1ccc2c(ccn2CC(C)(C)C(=O)O)c1. The van der Waals surface area contributed by atoms with Gasteiger partial charge in [-0.15, -0.1) is 0 Å². The third-order valence-corrected chi connectivity index (χ3v) is 3.56. The number of nitrogens with one attached hydrogen (secondary N) is 1. The van der Waals surface area contributed by atoms with Crippen molar-refractivity contribution >= 4 is 16.9 Å². The maximum atomic E-state index is 11.2. The molecule has 2 aromatic rings. The minimum absolute atomic E-state index is 0.471. The third-order valence-electron chi connectivity index (χ3n) is 3.56. The molecular weight excluding hydrogens is 252 g/mol. The first-order valence-electron chi connectivity index (χ1n) is 6.96. The monoisotopic (exact) mass is 274 g/mol. The first-order chi connectivity index (χ1) is 9.44. The number of benzene rings is 1. The van der Waals surface area contributed by atoms with Crippen LogP contribution < -0.4 is 5.32 Å². The van der Waals surface area contributed by atoms with Gasteiger partial charge in [0.2, 0.25) is 0 Å². The summed E-state index contributed by atoms with van der Waals surface area (Å²) < 4.78 is 2.01. The topological polar surface area (TPSA) is 54.3 Å². The van der Waals surface area contributed by atoms with Crippen LogP contribution >= 0.6 is 0 Å². The van der Waals surface area contributed by atoms with E-state index in [4.69, 9.17) is 0 Å². The molecule has 20 heavy (non-hydrogen) atoms. The Kier molecular flexibility index (Phi) is 4.14. The van der Waals surface area contributed by atoms with E-state index in [-0.39, 0.29) is 0 Å². The average Bonchev–Trinajstić information content (AvgIpc) is 2.78. The van der Waals surface area contributed by atoms with Gasteiger partial charge < -0.3 is 15.0 Å². The van der Waals surface area contributed by atoms with Crippen LogP contribution in [0.15, 0.2) is 30.5 Å². The van der Waals surface area contributed by atoms with Crippen molar-refractivity contribution in [1.29, 1.82) is 0 Å². The van der Waals surface area contributed by atoms with E-state index in [0.29, 0.717) is 6.54 Å². The fourth-order valence-electron chi connectivity index (χ4n) is 2.26. The quantitative estimate of drug-likeness (QED) is 0.851. The van der Waals surface area contributed by atoms with Crippen LogP contribution in [-0.4, -0.2) is 22.2 Å². The second-order valence-electron chi connectivity index (χ2n) is 5.81. The Hall–Kier alpha value is -1.81. The first kappa shape index (κ1) is 14.6. The molecule has 2 rings (SSSR count). The predicted molar refractivity (Wildman–Crippen MR) is 80.7 cm³/mol. The molecule has 108 valence electrons. The Morgan fingerprint density at radius 2 is 2.10 bits per heavy atom. The van der Waals surface area contributed by atoms with Gasteiger partial charge in [0, 0.05) is 24.8 Å². The molecule has 0 aliphatic carbocycles. The van der Waals surface area contributed by atoms with Gasteiger partial charge in [-0.2, -0.15) is 0 Å². The van der Waals surface area contributed by atoms with Crippen LogP contribution in [0.2, 0.25) is 0 Å². The van der Waals surface area contributed by atoms with Crippen molar-refractivity contribution in [2.24, 2.45) is 5.41 Å². The number of hydrogen-bond acceptors (Lipinski definition) is 2. The fourth-order valence-corrected chi connectivity index (χ4v) is 2.26. The molecule has 0 saturated heterocycles. The fraction of sp³-hybridized carbons (Fsp3) is 0.438. The van der Waals surface area contributed by atoms with Gasteiger partial charge in [-0.1, -0.05) is 13.0 Å². The average molecular weight is 274 g/mol. The Labute approximate surface area is 119 Å². The number of rotatable bonds is 6. The highest BCUT2D eigenvalue weighted by atomic mass is 16.4. The largest absolute Gasteiger partial charge is 0.481 e. The molecule has 0 bridgehead atoms. The third kappa shape index (κ3) is 3.02. The van der Waals surface area contributed by atoms with Crippen LogP contribution in [0.25, 0.3) is 10.9 Å². The highest BCUT2D eigenvalue weighted by Crippen LogP contribution is 2.24. The lowest BCUT2D eigenvalue weighted by molar-refractivity contribution is -0.147. The van der Waals surface area contributed by atoms with Crippen molar-refractivity contribution in [3.05, 3.63) is 36.0 Å². The van der Waals surface area contributed by atoms with Crippen molar-refractivity contribution in [3.8, 4) is 0 Å². The van der Waals surface area contributed by atoms with Gasteiger partial charge in [0.15, 0.2) is 0 Å². The van der Waals surface area contributed by atoms with E-state index in [9.17, 15) is 9.90 Å². The number of carboxylic acid groups (broad SMARTS) is 1. The molecule has 1 heterocycles. The van der Waals surface area contributed by atoms with E-state index in [2.05, 4.69) is 30.4 Å². The molecule has 1 aromatic carbocycles. The van der Waals surface area contributed by atoms with Gasteiger partial charge in [-0.25, -0.2) is 0 Å². The summed E-state index contributed by atoms with van der Waals surface area (Å²) in [4.78, 5) is 11.2. The normalized spacial score (nSPS) is 11.9. The number of carbonyl (C=O) groups is 1. The predicted octanol–water partition coefficient (Wildman–Crippen LogP) is 2.86. The van der Waals surface area contributed by atoms with Gasteiger partial charge in [0.1, 0.15) is 0 Å². The molecule has 0 aliphatic heterocycles. The van der Waals surface area contributed by atoms with Crippen LogP contribution in [0.3, 0.4) is 0 Å². The highest BCUT2D eigenvalue weighted by Gasteiger charge is 2.27. The van der Waals surface area contributed by atoms with Crippen LogP contribution in [0.5, 0.6) is 0 Å². The second-order valence-corrected chi connectivity index (χ2v) is 5.81. The van der Waals surface area contributed by atoms with Crippen LogP contribution in [0.4, 0.5) is 0 Å². The lowest BCUT2D eigenvalue weighted by Crippen LogP contribution is -2.28. The molecule has 0 fully saturated rings. The van der Waals surface area contributed by atoms with Crippen molar-refractivity contribution in [1.82, 2.24) is 9.88 Å². The second kappa shape index (κ2) is 5.67.